The van der Waals surface area contributed by atoms with Crippen molar-refractivity contribution in [3.8, 4) is 5.75 Å². The van der Waals surface area contributed by atoms with Gasteiger partial charge in [-0.2, -0.15) is 0 Å². The maximum Gasteiger partial charge on any atom is 0.212 e. The molecule has 0 aliphatic heterocycles. The molecule has 2 aromatic rings. The van der Waals surface area contributed by atoms with Gasteiger partial charge < -0.3 is 4.74 Å². The lowest BCUT2D eigenvalue weighted by molar-refractivity contribution is 0.392. The summed E-state index contributed by atoms with van der Waals surface area (Å²) >= 11 is 1.45. The summed E-state index contributed by atoms with van der Waals surface area (Å²) in [5.41, 5.74) is 0. The third kappa shape index (κ3) is 2.69. The highest BCUT2D eigenvalue weighted by Gasteiger charge is 2.02. The molecule has 0 bridgehead atoms. The second kappa shape index (κ2) is 4.79. The first-order valence-electron chi connectivity index (χ1n) is 4.39. The van der Waals surface area contributed by atoms with Crippen molar-refractivity contribution in [1.82, 2.24) is 20.2 Å². The fourth-order valence-electron chi connectivity index (χ4n) is 1.01. The van der Waals surface area contributed by atoms with Crippen LogP contribution >= 0.6 is 11.8 Å². The fourth-order valence-corrected chi connectivity index (χ4v) is 1.63. The maximum absolute atomic E-state index is 5.49. The molecule has 15 heavy (non-hydrogen) atoms. The van der Waals surface area contributed by atoms with E-state index in [9.17, 15) is 0 Å². The van der Waals surface area contributed by atoms with Crippen LogP contribution in [-0.2, 0) is 7.05 Å². The molecule has 1 aromatic carbocycles. The first kappa shape index (κ1) is 9.97. The smallest absolute Gasteiger partial charge is 0.212 e. The highest BCUT2D eigenvalue weighted by atomic mass is 32.2. The number of hydrogen-bond donors (Lipinski definition) is 0. The first-order chi connectivity index (χ1) is 7.36. The van der Waals surface area contributed by atoms with Crippen LogP contribution in [0.5, 0.6) is 5.75 Å². The summed E-state index contributed by atoms with van der Waals surface area (Å²) in [6.07, 6.45) is 0. The monoisotopic (exact) mass is 222 g/mol. The number of hydrogen-bond acceptors (Lipinski definition) is 5. The lowest BCUT2D eigenvalue weighted by atomic mass is 10.3. The Morgan fingerprint density at radius 1 is 1.33 bits per heavy atom. The second-order valence-corrected chi connectivity index (χ2v) is 3.69. The molecule has 5 nitrogen and oxygen atoms in total. The number of benzene rings is 1. The number of ether oxygens (including phenoxy) is 1. The SMILES string of the molecule is Cn1nnnc1SCOc1ccccc1. The number of nitrogens with zero attached hydrogens (tertiary/aromatic N) is 4. The van der Waals surface area contributed by atoms with Gasteiger partial charge in [-0.25, -0.2) is 4.68 Å². The van der Waals surface area contributed by atoms with Crippen LogP contribution in [0.3, 0.4) is 0 Å². The van der Waals surface area contributed by atoms with Crippen LogP contribution in [0.15, 0.2) is 35.5 Å². The van der Waals surface area contributed by atoms with Gasteiger partial charge in [-0.1, -0.05) is 18.2 Å². The van der Waals surface area contributed by atoms with Gasteiger partial charge >= 0.3 is 0 Å². The van der Waals surface area contributed by atoms with E-state index in [4.69, 9.17) is 4.74 Å². The topological polar surface area (TPSA) is 52.8 Å². The summed E-state index contributed by atoms with van der Waals surface area (Å²) in [4.78, 5) is 0. The van der Waals surface area contributed by atoms with Crippen molar-refractivity contribution < 1.29 is 4.74 Å². The normalized spacial score (nSPS) is 10.2. The molecular formula is C9H10N4OS. The molecule has 0 atom stereocenters. The predicted molar refractivity (Wildman–Crippen MR) is 56.6 cm³/mol. The predicted octanol–water partition coefficient (Wildman–Crippen LogP) is 1.34. The van der Waals surface area contributed by atoms with Crippen molar-refractivity contribution in [2.45, 2.75) is 5.16 Å². The highest BCUT2D eigenvalue weighted by molar-refractivity contribution is 7.99. The van der Waals surface area contributed by atoms with E-state index >= 15 is 0 Å². The molecule has 6 heteroatoms. The van der Waals surface area contributed by atoms with E-state index in [0.29, 0.717) is 5.94 Å². The van der Waals surface area contributed by atoms with E-state index in [1.54, 1.807) is 11.7 Å². The molecule has 0 unspecified atom stereocenters. The summed E-state index contributed by atoms with van der Waals surface area (Å²) in [6, 6.07) is 9.64. The molecule has 0 saturated heterocycles. The fraction of sp³-hybridized carbons (Fsp3) is 0.222. The number of para-hydroxylation sites is 1. The van der Waals surface area contributed by atoms with E-state index in [2.05, 4.69) is 15.5 Å². The molecule has 0 radical (unpaired) electrons. The molecule has 78 valence electrons. The van der Waals surface area contributed by atoms with Gasteiger partial charge in [0, 0.05) is 7.05 Å². The molecule has 0 fully saturated rings. The molecule has 1 heterocycles. The van der Waals surface area contributed by atoms with E-state index in [0.717, 1.165) is 10.9 Å². The number of tetrazole rings is 1. The van der Waals surface area contributed by atoms with Gasteiger partial charge in [-0.3, -0.25) is 0 Å². The first-order valence-corrected chi connectivity index (χ1v) is 5.38. The minimum Gasteiger partial charge on any atom is -0.483 e. The van der Waals surface area contributed by atoms with Gasteiger partial charge in [-0.05, 0) is 34.3 Å². The Labute approximate surface area is 91.4 Å². The molecule has 0 amide bonds. The van der Waals surface area contributed by atoms with Crippen LogP contribution in [0.25, 0.3) is 0 Å². The number of rotatable bonds is 4. The average Bonchev–Trinajstić information content (AvgIpc) is 2.66. The zero-order valence-electron chi connectivity index (χ0n) is 8.20. The molecule has 2 rings (SSSR count). The third-order valence-corrected chi connectivity index (χ3v) is 2.58. The van der Waals surface area contributed by atoms with Crippen LogP contribution in [0.1, 0.15) is 0 Å². The maximum atomic E-state index is 5.49. The largest absolute Gasteiger partial charge is 0.483 e. The molecule has 1 aromatic heterocycles. The van der Waals surface area contributed by atoms with Crippen LogP contribution in [0.4, 0.5) is 0 Å². The van der Waals surface area contributed by atoms with Gasteiger partial charge in [0.1, 0.15) is 11.7 Å². The van der Waals surface area contributed by atoms with E-state index in [-0.39, 0.29) is 0 Å². The molecular weight excluding hydrogens is 212 g/mol. The standard InChI is InChI=1S/C9H10N4OS/c1-13-9(10-11-12-13)15-7-14-8-5-3-2-4-6-8/h2-6H,7H2,1H3. The minimum atomic E-state index is 0.498. The van der Waals surface area contributed by atoms with Crippen molar-refractivity contribution in [3.05, 3.63) is 30.3 Å². The lowest BCUT2D eigenvalue weighted by Crippen LogP contribution is -1.97. The zero-order valence-corrected chi connectivity index (χ0v) is 9.02. The number of thioether (sulfide) groups is 1. The van der Waals surface area contributed by atoms with Crippen molar-refractivity contribution >= 4 is 11.8 Å². The van der Waals surface area contributed by atoms with Crippen molar-refractivity contribution in [1.29, 1.82) is 0 Å². The van der Waals surface area contributed by atoms with Gasteiger partial charge in [0.05, 0.1) is 0 Å². The van der Waals surface area contributed by atoms with Crippen molar-refractivity contribution in [2.24, 2.45) is 7.05 Å². The lowest BCUT2D eigenvalue weighted by Gasteiger charge is -2.03. The Balaban J connectivity index is 1.83. The molecule has 0 saturated carbocycles. The second-order valence-electron chi connectivity index (χ2n) is 2.80. The van der Waals surface area contributed by atoms with Crippen molar-refractivity contribution in [3.63, 3.8) is 0 Å². The summed E-state index contributed by atoms with van der Waals surface area (Å²) in [5.74, 6) is 1.35. The summed E-state index contributed by atoms with van der Waals surface area (Å²) in [5, 5.41) is 11.8. The third-order valence-electron chi connectivity index (χ3n) is 1.74. The van der Waals surface area contributed by atoms with Gasteiger partial charge in [0.25, 0.3) is 0 Å². The minimum absolute atomic E-state index is 0.498. The Morgan fingerprint density at radius 2 is 2.13 bits per heavy atom. The number of aromatic nitrogens is 4. The van der Waals surface area contributed by atoms with Gasteiger partial charge in [0.2, 0.25) is 5.16 Å². The van der Waals surface area contributed by atoms with Crippen LogP contribution in [0, 0.1) is 0 Å². The van der Waals surface area contributed by atoms with Gasteiger partial charge in [0.15, 0.2) is 0 Å². The van der Waals surface area contributed by atoms with E-state index in [1.807, 2.05) is 30.3 Å². The average molecular weight is 222 g/mol. The quantitative estimate of drug-likeness (QED) is 0.577. The van der Waals surface area contributed by atoms with Crippen LogP contribution < -0.4 is 4.74 Å². The Kier molecular flexibility index (Phi) is 3.18. The molecule has 0 aliphatic rings. The summed E-state index contributed by atoms with van der Waals surface area (Å²) < 4.78 is 7.10. The molecule has 0 spiro atoms. The summed E-state index contributed by atoms with van der Waals surface area (Å²) in [6.45, 7) is 0. The highest BCUT2D eigenvalue weighted by Crippen LogP contribution is 2.15. The van der Waals surface area contributed by atoms with Gasteiger partial charge in [-0.15, -0.1) is 5.10 Å². The Bertz CT molecular complexity index is 417. The van der Waals surface area contributed by atoms with Crippen LogP contribution in [-0.4, -0.2) is 26.1 Å². The summed E-state index contributed by atoms with van der Waals surface area (Å²) in [7, 11) is 1.80. The van der Waals surface area contributed by atoms with E-state index < -0.39 is 0 Å². The zero-order chi connectivity index (χ0) is 10.5. The Morgan fingerprint density at radius 3 is 2.80 bits per heavy atom. The van der Waals surface area contributed by atoms with Crippen LogP contribution in [0.2, 0.25) is 0 Å². The molecule has 0 aliphatic carbocycles. The Hall–Kier alpha value is -1.56. The van der Waals surface area contributed by atoms with Crippen molar-refractivity contribution in [2.75, 3.05) is 5.94 Å². The number of aryl methyl sites for hydroxylation is 1. The molecule has 0 N–H and O–H groups in total. The van der Waals surface area contributed by atoms with E-state index in [1.165, 1.54) is 11.8 Å².